The first-order chi connectivity index (χ1) is 6.79. The third-order valence-corrected chi connectivity index (χ3v) is 2.69. The van der Waals surface area contributed by atoms with Crippen LogP contribution in [0.3, 0.4) is 0 Å². The Morgan fingerprint density at radius 1 is 0.714 bits per heavy atom. The van der Waals surface area contributed by atoms with E-state index in [1.807, 2.05) is 36.4 Å². The van der Waals surface area contributed by atoms with E-state index < -0.39 is 0 Å². The molecule has 0 aromatic heterocycles. The van der Waals surface area contributed by atoms with E-state index in [9.17, 15) is 0 Å². The lowest BCUT2D eigenvalue weighted by Crippen LogP contribution is -2.06. The molecule has 0 unspecified atom stereocenters. The molecule has 0 saturated carbocycles. The van der Waals surface area contributed by atoms with Crippen molar-refractivity contribution in [3.8, 4) is 0 Å². The zero-order chi connectivity index (χ0) is 9.71. The highest BCUT2D eigenvalue weighted by molar-refractivity contribution is 6.59. The molecule has 0 heterocycles. The van der Waals surface area contributed by atoms with Crippen LogP contribution in [-0.4, -0.2) is 11.4 Å². The van der Waals surface area contributed by atoms with Gasteiger partial charge in [-0.25, -0.2) is 0 Å². The molecule has 0 aliphatic heterocycles. The monoisotopic (exact) mass is 180 g/mol. The van der Waals surface area contributed by atoms with Crippen LogP contribution in [0.15, 0.2) is 36.4 Å². The Kier molecular flexibility index (Phi) is 1.22. The molecule has 2 aromatic carbocycles. The molecule has 1 aliphatic carbocycles. The summed E-state index contributed by atoms with van der Waals surface area (Å²) in [7, 11) is 0. The summed E-state index contributed by atoms with van der Waals surface area (Å²) in [5.41, 5.74) is 2.47. The molecule has 1 aliphatic rings. The van der Waals surface area contributed by atoms with E-state index in [0.29, 0.717) is 11.4 Å². The number of hydrogen-bond donors (Lipinski definition) is 2. The van der Waals surface area contributed by atoms with Crippen molar-refractivity contribution in [1.82, 2.24) is 0 Å². The van der Waals surface area contributed by atoms with Gasteiger partial charge in [0.2, 0.25) is 0 Å². The Morgan fingerprint density at radius 2 is 1.21 bits per heavy atom. The number of nitrogens with one attached hydrogen (secondary N) is 2. The maximum absolute atomic E-state index is 7.80. The minimum atomic E-state index is 0.344. The molecule has 3 rings (SSSR count). The largest absolute Gasteiger partial charge is 0.298 e. The average molecular weight is 180 g/mol. The second-order valence-electron chi connectivity index (χ2n) is 3.46. The van der Waals surface area contributed by atoms with Gasteiger partial charge in [-0.15, -0.1) is 0 Å². The second-order valence-corrected chi connectivity index (χ2v) is 3.46. The molecule has 2 heteroatoms. The highest BCUT2D eigenvalue weighted by Gasteiger charge is 2.23. The van der Waals surface area contributed by atoms with Crippen molar-refractivity contribution in [1.29, 1.82) is 10.8 Å². The molecule has 0 saturated heterocycles. The smallest absolute Gasteiger partial charge is 0.0874 e. The van der Waals surface area contributed by atoms with E-state index in [0.717, 1.165) is 21.9 Å². The number of rotatable bonds is 0. The summed E-state index contributed by atoms with van der Waals surface area (Å²) in [6.07, 6.45) is 0. The van der Waals surface area contributed by atoms with Gasteiger partial charge in [0.05, 0.1) is 11.4 Å². The van der Waals surface area contributed by atoms with Crippen LogP contribution >= 0.6 is 0 Å². The Hall–Kier alpha value is -1.96. The predicted octanol–water partition coefficient (Wildman–Crippen LogP) is 2.59. The fraction of sp³-hybridized carbons (Fsp3) is 0. The van der Waals surface area contributed by atoms with Crippen LogP contribution in [0.2, 0.25) is 0 Å². The van der Waals surface area contributed by atoms with Gasteiger partial charge in [0, 0.05) is 16.5 Å². The number of hydrogen-bond acceptors (Lipinski definition) is 2. The van der Waals surface area contributed by atoms with E-state index in [1.165, 1.54) is 0 Å². The average Bonchev–Trinajstić information content (AvgIpc) is 2.47. The summed E-state index contributed by atoms with van der Waals surface area (Å²) >= 11 is 0. The lowest BCUT2D eigenvalue weighted by Gasteiger charge is -1.98. The van der Waals surface area contributed by atoms with Crippen molar-refractivity contribution in [3.63, 3.8) is 0 Å². The first kappa shape index (κ1) is 7.44. The third kappa shape index (κ3) is 0.708. The van der Waals surface area contributed by atoms with Gasteiger partial charge < -0.3 is 0 Å². The van der Waals surface area contributed by atoms with Crippen molar-refractivity contribution < 1.29 is 0 Å². The summed E-state index contributed by atoms with van der Waals surface area (Å²) in [6.45, 7) is 0. The molecular weight excluding hydrogens is 172 g/mol. The quantitative estimate of drug-likeness (QED) is 0.626. The van der Waals surface area contributed by atoms with Crippen molar-refractivity contribution in [2.24, 2.45) is 0 Å². The standard InChI is InChI=1S/C12H8N2/c13-11-8-5-1-3-7-4-2-6-9(10(7)8)12(11)14/h1-6,13-14H. The van der Waals surface area contributed by atoms with Crippen molar-refractivity contribution >= 4 is 22.2 Å². The molecule has 2 N–H and O–H groups in total. The van der Waals surface area contributed by atoms with E-state index >= 15 is 0 Å². The summed E-state index contributed by atoms with van der Waals surface area (Å²) in [6, 6.07) is 11.7. The van der Waals surface area contributed by atoms with Crippen molar-refractivity contribution in [3.05, 3.63) is 47.5 Å². The predicted molar refractivity (Wildman–Crippen MR) is 57.6 cm³/mol. The fourth-order valence-electron chi connectivity index (χ4n) is 2.03. The summed E-state index contributed by atoms with van der Waals surface area (Å²) in [5, 5.41) is 17.8. The molecule has 66 valence electrons. The molecule has 0 amide bonds. The third-order valence-electron chi connectivity index (χ3n) is 2.69. The first-order valence-corrected chi connectivity index (χ1v) is 4.49. The topological polar surface area (TPSA) is 47.7 Å². The Bertz CT molecular complexity index is 533. The summed E-state index contributed by atoms with van der Waals surface area (Å²) in [5.74, 6) is 0. The minimum absolute atomic E-state index is 0.344. The van der Waals surface area contributed by atoms with Gasteiger partial charge in [-0.05, 0) is 5.39 Å². The van der Waals surface area contributed by atoms with Crippen LogP contribution in [0.25, 0.3) is 10.8 Å². The van der Waals surface area contributed by atoms with E-state index in [1.54, 1.807) is 0 Å². The second kappa shape index (κ2) is 2.29. The first-order valence-electron chi connectivity index (χ1n) is 4.49. The minimum Gasteiger partial charge on any atom is -0.298 e. The molecular formula is C12H8N2. The fourth-order valence-corrected chi connectivity index (χ4v) is 2.03. The van der Waals surface area contributed by atoms with Crippen LogP contribution in [0.4, 0.5) is 0 Å². The Morgan fingerprint density at radius 3 is 1.71 bits per heavy atom. The highest BCUT2D eigenvalue weighted by Crippen LogP contribution is 2.30. The van der Waals surface area contributed by atoms with Gasteiger partial charge >= 0.3 is 0 Å². The van der Waals surface area contributed by atoms with Crippen LogP contribution in [-0.2, 0) is 0 Å². The summed E-state index contributed by atoms with van der Waals surface area (Å²) < 4.78 is 0. The van der Waals surface area contributed by atoms with Gasteiger partial charge in [0.1, 0.15) is 0 Å². The van der Waals surface area contributed by atoms with Crippen molar-refractivity contribution in [2.75, 3.05) is 0 Å². The van der Waals surface area contributed by atoms with Crippen LogP contribution < -0.4 is 0 Å². The Labute approximate surface area is 81.2 Å². The molecule has 0 atom stereocenters. The maximum atomic E-state index is 7.80. The van der Waals surface area contributed by atoms with Crippen LogP contribution in [0.1, 0.15) is 11.1 Å². The van der Waals surface area contributed by atoms with Crippen molar-refractivity contribution in [2.45, 2.75) is 0 Å². The molecule has 14 heavy (non-hydrogen) atoms. The molecule has 0 fully saturated rings. The van der Waals surface area contributed by atoms with Crippen LogP contribution in [0.5, 0.6) is 0 Å². The summed E-state index contributed by atoms with van der Waals surface area (Å²) in [4.78, 5) is 0. The zero-order valence-corrected chi connectivity index (χ0v) is 7.46. The highest BCUT2D eigenvalue weighted by atomic mass is 14.6. The molecule has 2 nitrogen and oxygen atoms in total. The van der Waals surface area contributed by atoms with Gasteiger partial charge in [-0.3, -0.25) is 10.8 Å². The normalized spacial score (nSPS) is 14.0. The molecule has 0 bridgehead atoms. The lowest BCUT2D eigenvalue weighted by atomic mass is 10.1. The van der Waals surface area contributed by atoms with E-state index in [-0.39, 0.29) is 0 Å². The lowest BCUT2D eigenvalue weighted by molar-refractivity contribution is 1.49. The van der Waals surface area contributed by atoms with E-state index in [4.69, 9.17) is 10.8 Å². The van der Waals surface area contributed by atoms with Crippen LogP contribution in [0, 0.1) is 10.8 Å². The van der Waals surface area contributed by atoms with Gasteiger partial charge in [0.15, 0.2) is 0 Å². The van der Waals surface area contributed by atoms with E-state index in [2.05, 4.69) is 0 Å². The molecule has 0 radical (unpaired) electrons. The molecule has 2 aromatic rings. The number of benzene rings is 2. The Balaban J connectivity index is 2.62. The van der Waals surface area contributed by atoms with Gasteiger partial charge in [-0.2, -0.15) is 0 Å². The van der Waals surface area contributed by atoms with Gasteiger partial charge in [-0.1, -0.05) is 36.4 Å². The van der Waals surface area contributed by atoms with Gasteiger partial charge in [0.25, 0.3) is 0 Å². The zero-order valence-electron chi connectivity index (χ0n) is 7.46. The SMILES string of the molecule is N=C1C(=N)c2cccc3cccc1c23. The maximum Gasteiger partial charge on any atom is 0.0874 e. The molecule has 0 spiro atoms.